The van der Waals surface area contributed by atoms with Gasteiger partial charge in [0.2, 0.25) is 5.91 Å². The van der Waals surface area contributed by atoms with E-state index in [4.69, 9.17) is 5.73 Å². The van der Waals surface area contributed by atoms with Crippen LogP contribution in [0.25, 0.3) is 0 Å². The number of para-hydroxylation sites is 1. The second-order valence-corrected chi connectivity index (χ2v) is 5.34. The highest BCUT2D eigenvalue weighted by Crippen LogP contribution is 2.33. The summed E-state index contributed by atoms with van der Waals surface area (Å²) < 4.78 is 0. The maximum Gasteiger partial charge on any atom is 0.274 e. The van der Waals surface area contributed by atoms with Crippen LogP contribution in [0.4, 0.5) is 5.69 Å². The standard InChI is InChI=1S/C14H19N3O3/c1-16(14(18)8-12(15)10-6-7-10)9-11-4-2-3-5-13(11)17(19)20/h2-5,10,12H,6-9,15H2,1H3. The highest BCUT2D eigenvalue weighted by atomic mass is 16.6. The van der Waals surface area contributed by atoms with Gasteiger partial charge in [-0.05, 0) is 18.8 Å². The largest absolute Gasteiger partial charge is 0.341 e. The Balaban J connectivity index is 1.98. The predicted octanol–water partition coefficient (Wildman–Crippen LogP) is 1.68. The van der Waals surface area contributed by atoms with E-state index in [9.17, 15) is 14.9 Å². The molecule has 0 aliphatic heterocycles. The van der Waals surface area contributed by atoms with E-state index < -0.39 is 4.92 Å². The van der Waals surface area contributed by atoms with Crippen molar-refractivity contribution in [2.24, 2.45) is 11.7 Å². The van der Waals surface area contributed by atoms with Gasteiger partial charge in [-0.25, -0.2) is 0 Å². The first-order valence-corrected chi connectivity index (χ1v) is 6.71. The van der Waals surface area contributed by atoms with Crippen LogP contribution in [0.2, 0.25) is 0 Å². The van der Waals surface area contributed by atoms with Crippen molar-refractivity contribution in [3.63, 3.8) is 0 Å². The molecule has 6 nitrogen and oxygen atoms in total. The molecule has 1 aromatic rings. The van der Waals surface area contributed by atoms with Crippen LogP contribution in [0.15, 0.2) is 24.3 Å². The van der Waals surface area contributed by atoms with E-state index in [-0.39, 0.29) is 24.2 Å². The zero-order valence-corrected chi connectivity index (χ0v) is 11.5. The van der Waals surface area contributed by atoms with Crippen LogP contribution in [-0.2, 0) is 11.3 Å². The summed E-state index contributed by atoms with van der Waals surface area (Å²) in [6, 6.07) is 6.38. The fourth-order valence-electron chi connectivity index (χ4n) is 2.21. The second kappa shape index (κ2) is 6.00. The minimum absolute atomic E-state index is 0.0404. The van der Waals surface area contributed by atoms with Crippen molar-refractivity contribution in [1.29, 1.82) is 0 Å². The third-order valence-electron chi connectivity index (χ3n) is 3.66. The third kappa shape index (κ3) is 3.54. The van der Waals surface area contributed by atoms with Crippen LogP contribution in [-0.4, -0.2) is 28.8 Å². The van der Waals surface area contributed by atoms with Gasteiger partial charge in [0, 0.05) is 31.1 Å². The molecule has 1 aliphatic rings. The lowest BCUT2D eigenvalue weighted by Gasteiger charge is -2.19. The summed E-state index contributed by atoms with van der Waals surface area (Å²) in [7, 11) is 1.65. The Kier molecular flexibility index (Phi) is 4.34. The number of hydrogen-bond donors (Lipinski definition) is 1. The Morgan fingerprint density at radius 3 is 2.75 bits per heavy atom. The number of hydrogen-bond acceptors (Lipinski definition) is 4. The number of rotatable bonds is 6. The highest BCUT2D eigenvalue weighted by molar-refractivity contribution is 5.76. The molecule has 2 rings (SSSR count). The molecule has 1 unspecified atom stereocenters. The first-order valence-electron chi connectivity index (χ1n) is 6.71. The smallest absolute Gasteiger partial charge is 0.274 e. The molecule has 1 atom stereocenters. The van der Waals surface area contributed by atoms with Gasteiger partial charge in [-0.15, -0.1) is 0 Å². The molecular formula is C14H19N3O3. The van der Waals surface area contributed by atoms with Gasteiger partial charge in [0.25, 0.3) is 5.69 Å². The molecule has 1 saturated carbocycles. The summed E-state index contributed by atoms with van der Waals surface area (Å²) in [6.07, 6.45) is 2.51. The SMILES string of the molecule is CN(Cc1ccccc1[N+](=O)[O-])C(=O)CC(N)C1CC1. The molecule has 0 saturated heterocycles. The molecule has 2 N–H and O–H groups in total. The van der Waals surface area contributed by atoms with E-state index in [2.05, 4.69) is 0 Å². The highest BCUT2D eigenvalue weighted by Gasteiger charge is 2.30. The van der Waals surface area contributed by atoms with Crippen molar-refractivity contribution < 1.29 is 9.72 Å². The Bertz CT molecular complexity index is 514. The molecule has 0 bridgehead atoms. The van der Waals surface area contributed by atoms with E-state index in [0.29, 0.717) is 17.9 Å². The topological polar surface area (TPSA) is 89.5 Å². The zero-order chi connectivity index (χ0) is 14.7. The van der Waals surface area contributed by atoms with Gasteiger partial charge in [-0.1, -0.05) is 18.2 Å². The van der Waals surface area contributed by atoms with Crippen molar-refractivity contribution in [3.05, 3.63) is 39.9 Å². The third-order valence-corrected chi connectivity index (χ3v) is 3.66. The summed E-state index contributed by atoms with van der Waals surface area (Å²) in [4.78, 5) is 24.1. The molecule has 1 aromatic carbocycles. The van der Waals surface area contributed by atoms with E-state index in [1.165, 1.54) is 11.0 Å². The van der Waals surface area contributed by atoms with E-state index in [0.717, 1.165) is 12.8 Å². The monoisotopic (exact) mass is 277 g/mol. The molecule has 108 valence electrons. The number of carbonyl (C=O) groups excluding carboxylic acids is 1. The average Bonchev–Trinajstić information content (AvgIpc) is 3.23. The number of nitro groups is 1. The van der Waals surface area contributed by atoms with Gasteiger partial charge in [0.15, 0.2) is 0 Å². The lowest BCUT2D eigenvalue weighted by molar-refractivity contribution is -0.385. The van der Waals surface area contributed by atoms with Crippen molar-refractivity contribution in [2.75, 3.05) is 7.05 Å². The quantitative estimate of drug-likeness (QED) is 0.632. The summed E-state index contributed by atoms with van der Waals surface area (Å²) >= 11 is 0. The average molecular weight is 277 g/mol. The molecule has 1 fully saturated rings. The van der Waals surface area contributed by atoms with Crippen molar-refractivity contribution >= 4 is 11.6 Å². The van der Waals surface area contributed by atoms with Crippen molar-refractivity contribution in [1.82, 2.24) is 4.90 Å². The Morgan fingerprint density at radius 2 is 2.15 bits per heavy atom. The summed E-state index contributed by atoms with van der Waals surface area (Å²) in [6.45, 7) is 0.230. The number of nitrogens with two attached hydrogens (primary N) is 1. The number of nitrogens with zero attached hydrogens (tertiary/aromatic N) is 2. The van der Waals surface area contributed by atoms with Gasteiger partial charge in [0.05, 0.1) is 11.5 Å². The Morgan fingerprint density at radius 1 is 1.50 bits per heavy atom. The molecule has 1 amide bonds. The van der Waals surface area contributed by atoms with Crippen molar-refractivity contribution in [3.8, 4) is 0 Å². The summed E-state index contributed by atoms with van der Waals surface area (Å²) in [5.41, 5.74) is 6.51. The Labute approximate surface area is 117 Å². The van der Waals surface area contributed by atoms with Gasteiger partial charge in [-0.2, -0.15) is 0 Å². The lowest BCUT2D eigenvalue weighted by atomic mass is 10.1. The molecule has 0 spiro atoms. The molecule has 1 aliphatic carbocycles. The first kappa shape index (κ1) is 14.5. The number of amides is 1. The molecule has 0 heterocycles. The zero-order valence-electron chi connectivity index (χ0n) is 11.5. The normalized spacial score (nSPS) is 15.7. The van der Waals surface area contributed by atoms with Gasteiger partial charge in [-0.3, -0.25) is 14.9 Å². The van der Waals surface area contributed by atoms with Crippen LogP contribution >= 0.6 is 0 Å². The number of carbonyl (C=O) groups is 1. The fraction of sp³-hybridized carbons (Fsp3) is 0.500. The minimum Gasteiger partial charge on any atom is -0.341 e. The second-order valence-electron chi connectivity index (χ2n) is 5.34. The molecule has 6 heteroatoms. The molecular weight excluding hydrogens is 258 g/mol. The maximum atomic E-state index is 12.0. The van der Waals surface area contributed by atoms with Crippen LogP contribution in [0, 0.1) is 16.0 Å². The van der Waals surface area contributed by atoms with E-state index >= 15 is 0 Å². The number of benzene rings is 1. The van der Waals surface area contributed by atoms with Gasteiger partial charge in [0.1, 0.15) is 0 Å². The maximum absolute atomic E-state index is 12.0. The van der Waals surface area contributed by atoms with Crippen LogP contribution < -0.4 is 5.73 Å². The first-order chi connectivity index (χ1) is 9.49. The van der Waals surface area contributed by atoms with E-state index in [1.807, 2.05) is 0 Å². The number of nitro benzene ring substituents is 1. The minimum atomic E-state index is -0.427. The van der Waals surface area contributed by atoms with Crippen LogP contribution in [0.3, 0.4) is 0 Å². The van der Waals surface area contributed by atoms with Gasteiger partial charge >= 0.3 is 0 Å². The Hall–Kier alpha value is -1.95. The predicted molar refractivity (Wildman–Crippen MR) is 74.9 cm³/mol. The summed E-state index contributed by atoms with van der Waals surface area (Å²) in [5.74, 6) is 0.404. The van der Waals surface area contributed by atoms with E-state index in [1.54, 1.807) is 25.2 Å². The summed E-state index contributed by atoms with van der Waals surface area (Å²) in [5, 5.41) is 10.9. The van der Waals surface area contributed by atoms with Crippen LogP contribution in [0.1, 0.15) is 24.8 Å². The van der Waals surface area contributed by atoms with Crippen molar-refractivity contribution in [2.45, 2.75) is 31.8 Å². The molecule has 0 radical (unpaired) electrons. The molecule has 0 aromatic heterocycles. The molecule has 20 heavy (non-hydrogen) atoms. The lowest BCUT2D eigenvalue weighted by Crippen LogP contribution is -2.34. The fourth-order valence-corrected chi connectivity index (χ4v) is 2.21. The van der Waals surface area contributed by atoms with Crippen LogP contribution in [0.5, 0.6) is 0 Å². The van der Waals surface area contributed by atoms with Gasteiger partial charge < -0.3 is 10.6 Å².